The normalized spacial score (nSPS) is 29.6. The first-order chi connectivity index (χ1) is 13.2. The molecule has 2 aliphatic carbocycles. The molecule has 4 atom stereocenters. The van der Waals surface area contributed by atoms with E-state index in [1.807, 2.05) is 18.2 Å². The lowest BCUT2D eigenvalue weighted by molar-refractivity contribution is -0.00318. The summed E-state index contributed by atoms with van der Waals surface area (Å²) in [6.45, 7) is 2.76. The predicted molar refractivity (Wildman–Crippen MR) is 106 cm³/mol. The van der Waals surface area contributed by atoms with Gasteiger partial charge in [-0.05, 0) is 44.2 Å². The van der Waals surface area contributed by atoms with Crippen molar-refractivity contribution in [3.8, 4) is 11.3 Å². The van der Waals surface area contributed by atoms with Crippen LogP contribution in [0.25, 0.3) is 11.3 Å². The first-order valence-electron chi connectivity index (χ1n) is 9.96. The van der Waals surface area contributed by atoms with Crippen molar-refractivity contribution in [2.45, 2.75) is 69.7 Å². The van der Waals surface area contributed by atoms with E-state index in [4.69, 9.17) is 32.5 Å². The van der Waals surface area contributed by atoms with Crippen LogP contribution in [0, 0.1) is 5.92 Å². The number of hydrogen-bond acceptors (Lipinski definition) is 4. The van der Waals surface area contributed by atoms with E-state index in [0.29, 0.717) is 46.7 Å². The van der Waals surface area contributed by atoms with E-state index >= 15 is 0 Å². The largest absolute Gasteiger partial charge is 0.373 e. The van der Waals surface area contributed by atoms with E-state index < -0.39 is 0 Å². The summed E-state index contributed by atoms with van der Waals surface area (Å²) in [5.74, 6) is 2.02. The van der Waals surface area contributed by atoms with Crippen LogP contribution in [0.4, 0.5) is 0 Å². The summed E-state index contributed by atoms with van der Waals surface area (Å²) >= 11 is 12.9. The molecule has 1 saturated heterocycles. The molecule has 2 heterocycles. The number of hydrogen-bond donors (Lipinski definition) is 1. The van der Waals surface area contributed by atoms with Crippen LogP contribution >= 0.6 is 23.2 Å². The van der Waals surface area contributed by atoms with Crippen LogP contribution < -0.4 is 5.32 Å². The van der Waals surface area contributed by atoms with E-state index in [0.717, 1.165) is 48.3 Å². The van der Waals surface area contributed by atoms with Crippen LogP contribution in [0.15, 0.2) is 22.7 Å². The third-order valence-electron chi connectivity index (χ3n) is 6.37. The molecule has 0 amide bonds. The second-order valence-electron chi connectivity index (χ2n) is 8.11. The zero-order valence-electron chi connectivity index (χ0n) is 15.4. The molecule has 6 heteroatoms. The predicted octanol–water partition coefficient (Wildman–Crippen LogP) is 5.57. The van der Waals surface area contributed by atoms with Gasteiger partial charge in [0.2, 0.25) is 0 Å². The average molecular weight is 407 g/mol. The molecule has 0 spiro atoms. The van der Waals surface area contributed by atoms with Crippen LogP contribution in [0.2, 0.25) is 10.0 Å². The molecule has 2 saturated carbocycles. The van der Waals surface area contributed by atoms with Crippen molar-refractivity contribution in [3.63, 3.8) is 0 Å². The SMILES string of the molecule is CCC1NC2CC(OCc3c(-c4c(Cl)cccc4Cl)noc3C3CC3)C1C2. The highest BCUT2D eigenvalue weighted by molar-refractivity contribution is 6.39. The standard InChI is InChI=1S/C21H24Cl2N2O2/c1-2-17-13-8-12(24-17)9-18(13)26-10-14-20(25-27-21(14)11-6-7-11)19-15(22)4-3-5-16(19)23/h3-5,11-13,17-18,24H,2,6-10H2,1H3. The van der Waals surface area contributed by atoms with Crippen molar-refractivity contribution in [2.24, 2.45) is 5.92 Å². The number of piperidine rings is 1. The Morgan fingerprint density at radius 3 is 2.67 bits per heavy atom. The summed E-state index contributed by atoms with van der Waals surface area (Å²) in [6, 6.07) is 6.71. The van der Waals surface area contributed by atoms with E-state index in [2.05, 4.69) is 17.4 Å². The monoisotopic (exact) mass is 406 g/mol. The van der Waals surface area contributed by atoms with Crippen LogP contribution in [0.1, 0.15) is 56.3 Å². The maximum Gasteiger partial charge on any atom is 0.145 e. The Bertz CT molecular complexity index is 828. The summed E-state index contributed by atoms with van der Waals surface area (Å²) in [4.78, 5) is 0. The van der Waals surface area contributed by atoms with Gasteiger partial charge in [-0.2, -0.15) is 0 Å². The topological polar surface area (TPSA) is 47.3 Å². The highest BCUT2D eigenvalue weighted by Gasteiger charge is 2.46. The van der Waals surface area contributed by atoms with Gasteiger partial charge < -0.3 is 14.6 Å². The third-order valence-corrected chi connectivity index (χ3v) is 7.00. The zero-order valence-corrected chi connectivity index (χ0v) is 16.9. The third kappa shape index (κ3) is 3.21. The average Bonchev–Trinajstić information content (AvgIpc) is 3.12. The van der Waals surface area contributed by atoms with Gasteiger partial charge in [0.15, 0.2) is 0 Å². The van der Waals surface area contributed by atoms with Crippen molar-refractivity contribution >= 4 is 23.2 Å². The molecule has 3 fully saturated rings. The number of nitrogens with one attached hydrogen (secondary N) is 1. The van der Waals surface area contributed by atoms with Gasteiger partial charge in [0, 0.05) is 35.0 Å². The Labute approximate surface area is 169 Å². The number of nitrogens with zero attached hydrogens (tertiary/aromatic N) is 1. The zero-order chi connectivity index (χ0) is 18.5. The summed E-state index contributed by atoms with van der Waals surface area (Å²) in [7, 11) is 0. The maximum atomic E-state index is 6.45. The van der Waals surface area contributed by atoms with Crippen molar-refractivity contribution in [1.82, 2.24) is 10.5 Å². The van der Waals surface area contributed by atoms with E-state index in [1.165, 1.54) is 6.42 Å². The molecule has 4 unspecified atom stereocenters. The van der Waals surface area contributed by atoms with Crippen LogP contribution in [-0.4, -0.2) is 23.3 Å². The smallest absolute Gasteiger partial charge is 0.145 e. The van der Waals surface area contributed by atoms with E-state index in [1.54, 1.807) is 0 Å². The van der Waals surface area contributed by atoms with Crippen LogP contribution in [-0.2, 0) is 11.3 Å². The van der Waals surface area contributed by atoms with E-state index in [9.17, 15) is 0 Å². The number of aromatic nitrogens is 1. The molecule has 1 aromatic carbocycles. The van der Waals surface area contributed by atoms with Crippen molar-refractivity contribution in [3.05, 3.63) is 39.6 Å². The molecule has 5 rings (SSSR count). The molecule has 1 N–H and O–H groups in total. The van der Waals surface area contributed by atoms with E-state index in [-0.39, 0.29) is 0 Å². The molecule has 3 aliphatic rings. The molecule has 2 bridgehead atoms. The second-order valence-corrected chi connectivity index (χ2v) is 8.92. The quantitative estimate of drug-likeness (QED) is 0.680. The molecule has 2 aromatic rings. The van der Waals surface area contributed by atoms with Crippen molar-refractivity contribution in [1.29, 1.82) is 0 Å². The first kappa shape index (κ1) is 18.0. The fraction of sp³-hybridized carbons (Fsp3) is 0.571. The summed E-state index contributed by atoms with van der Waals surface area (Å²) in [5.41, 5.74) is 2.51. The summed E-state index contributed by atoms with van der Waals surface area (Å²) in [6.07, 6.45) is 6.07. The van der Waals surface area contributed by atoms with Gasteiger partial charge >= 0.3 is 0 Å². The lowest BCUT2D eigenvalue weighted by Crippen LogP contribution is -2.42. The molecule has 4 nitrogen and oxygen atoms in total. The lowest BCUT2D eigenvalue weighted by atomic mass is 9.95. The fourth-order valence-corrected chi connectivity index (χ4v) is 5.44. The van der Waals surface area contributed by atoms with Crippen molar-refractivity contribution in [2.75, 3.05) is 0 Å². The number of rotatable bonds is 6. The number of benzene rings is 1. The maximum absolute atomic E-state index is 6.45. The van der Waals surface area contributed by atoms with Gasteiger partial charge in [0.1, 0.15) is 11.5 Å². The molecular formula is C21H24Cl2N2O2. The van der Waals surface area contributed by atoms with Crippen molar-refractivity contribution < 1.29 is 9.26 Å². The minimum absolute atomic E-state index is 0.303. The molecule has 0 radical (unpaired) electrons. The Balaban J connectivity index is 1.43. The van der Waals surface area contributed by atoms with Gasteiger partial charge in [0.25, 0.3) is 0 Å². The lowest BCUT2D eigenvalue weighted by Gasteiger charge is -2.29. The summed E-state index contributed by atoms with van der Waals surface area (Å²) < 4.78 is 12.2. The molecular weight excluding hydrogens is 383 g/mol. The van der Waals surface area contributed by atoms with Gasteiger partial charge in [-0.15, -0.1) is 0 Å². The molecule has 1 aliphatic heterocycles. The Morgan fingerprint density at radius 2 is 2.00 bits per heavy atom. The van der Waals surface area contributed by atoms with Crippen LogP contribution in [0.5, 0.6) is 0 Å². The Morgan fingerprint density at radius 1 is 1.22 bits per heavy atom. The van der Waals surface area contributed by atoms with Gasteiger partial charge in [-0.1, -0.05) is 41.3 Å². The van der Waals surface area contributed by atoms with Gasteiger partial charge in [-0.3, -0.25) is 0 Å². The minimum atomic E-state index is 0.303. The van der Waals surface area contributed by atoms with Gasteiger partial charge in [0.05, 0.1) is 22.8 Å². The minimum Gasteiger partial charge on any atom is -0.373 e. The summed E-state index contributed by atoms with van der Waals surface area (Å²) in [5, 5.41) is 9.25. The number of fused-ring (bicyclic) bond motifs is 2. The molecule has 1 aromatic heterocycles. The Kier molecular flexibility index (Phi) is 4.71. The second kappa shape index (κ2) is 7.07. The molecule has 27 heavy (non-hydrogen) atoms. The fourth-order valence-electron chi connectivity index (χ4n) is 4.87. The number of halogens is 2. The first-order valence-corrected chi connectivity index (χ1v) is 10.7. The van der Waals surface area contributed by atoms with Gasteiger partial charge in [-0.25, -0.2) is 0 Å². The highest BCUT2D eigenvalue weighted by atomic mass is 35.5. The number of ether oxygens (including phenoxy) is 1. The highest BCUT2D eigenvalue weighted by Crippen LogP contribution is 2.47. The van der Waals surface area contributed by atoms with Crippen LogP contribution in [0.3, 0.4) is 0 Å². The Hall–Kier alpha value is -1.07. The molecule has 144 valence electrons.